The van der Waals surface area contributed by atoms with Crippen LogP contribution in [-0.4, -0.2) is 38.1 Å². The van der Waals surface area contributed by atoms with Crippen molar-refractivity contribution in [3.8, 4) is 0 Å². The number of methoxy groups -OCH3 is 1. The first-order valence-corrected chi connectivity index (χ1v) is 6.50. The number of halogens is 1. The van der Waals surface area contributed by atoms with E-state index in [-0.39, 0.29) is 11.9 Å². The largest absolute Gasteiger partial charge is 0.380 e. The van der Waals surface area contributed by atoms with Crippen molar-refractivity contribution < 1.29 is 9.53 Å². The fourth-order valence-electron chi connectivity index (χ4n) is 1.67. The zero-order chi connectivity index (χ0) is 13.7. The normalized spacial score (nSPS) is 12.1. The lowest BCUT2D eigenvalue weighted by Gasteiger charge is -2.21. The van der Waals surface area contributed by atoms with E-state index in [9.17, 15) is 4.79 Å². The van der Waals surface area contributed by atoms with Crippen molar-refractivity contribution >= 4 is 27.5 Å². The Morgan fingerprint density at radius 2 is 2.17 bits per heavy atom. The van der Waals surface area contributed by atoms with Gasteiger partial charge in [0.05, 0.1) is 6.61 Å². The van der Waals surface area contributed by atoms with Crippen LogP contribution in [0, 0.1) is 0 Å². The summed E-state index contributed by atoms with van der Waals surface area (Å²) in [5.74, 6) is 0.0401. The second-order valence-electron chi connectivity index (χ2n) is 4.30. The third-order valence-electron chi connectivity index (χ3n) is 2.59. The van der Waals surface area contributed by atoms with Crippen LogP contribution in [0.4, 0.5) is 5.69 Å². The molecule has 1 unspecified atom stereocenters. The van der Waals surface area contributed by atoms with Gasteiger partial charge in [-0.05, 0) is 19.1 Å². The summed E-state index contributed by atoms with van der Waals surface area (Å²) in [7, 11) is 5.15. The first-order chi connectivity index (χ1) is 8.47. The van der Waals surface area contributed by atoms with Gasteiger partial charge in [-0.1, -0.05) is 22.0 Å². The van der Waals surface area contributed by atoms with Crippen molar-refractivity contribution in [1.82, 2.24) is 4.90 Å². The third kappa shape index (κ3) is 3.71. The van der Waals surface area contributed by atoms with Crippen LogP contribution in [-0.2, 0) is 16.1 Å². The number of nitrogens with zero attached hydrogens (tertiary/aromatic N) is 1. The molecule has 1 aromatic rings. The number of amides is 1. The topological polar surface area (TPSA) is 41.6 Å². The minimum atomic E-state index is -0.273. The number of hydrogen-bond acceptors (Lipinski definition) is 3. The SMILES string of the molecule is COCc1c(Br)cccc1NC(C)C(=O)N(C)C. The van der Waals surface area contributed by atoms with Crippen LogP contribution in [0.25, 0.3) is 0 Å². The fourth-order valence-corrected chi connectivity index (χ4v) is 2.15. The molecule has 0 radical (unpaired) electrons. The molecule has 0 heterocycles. The third-order valence-corrected chi connectivity index (χ3v) is 3.33. The smallest absolute Gasteiger partial charge is 0.244 e. The van der Waals surface area contributed by atoms with Gasteiger partial charge in [0.2, 0.25) is 5.91 Å². The quantitative estimate of drug-likeness (QED) is 0.908. The van der Waals surface area contributed by atoms with Gasteiger partial charge in [-0.25, -0.2) is 0 Å². The number of hydrogen-bond donors (Lipinski definition) is 1. The van der Waals surface area contributed by atoms with Crippen LogP contribution in [0.15, 0.2) is 22.7 Å². The monoisotopic (exact) mass is 314 g/mol. The lowest BCUT2D eigenvalue weighted by Crippen LogP contribution is -2.36. The van der Waals surface area contributed by atoms with Crippen molar-refractivity contribution in [2.24, 2.45) is 0 Å². The molecule has 0 saturated heterocycles. The second kappa shape index (κ2) is 6.75. The number of benzene rings is 1. The van der Waals surface area contributed by atoms with E-state index in [2.05, 4.69) is 21.2 Å². The molecule has 100 valence electrons. The van der Waals surface area contributed by atoms with E-state index < -0.39 is 0 Å². The zero-order valence-corrected chi connectivity index (χ0v) is 12.7. The zero-order valence-electron chi connectivity index (χ0n) is 11.2. The fraction of sp³-hybridized carbons (Fsp3) is 0.462. The summed E-state index contributed by atoms with van der Waals surface area (Å²) in [6.07, 6.45) is 0. The summed E-state index contributed by atoms with van der Waals surface area (Å²) in [6.45, 7) is 2.34. The molecule has 4 nitrogen and oxygen atoms in total. The van der Waals surface area contributed by atoms with E-state index in [1.165, 1.54) is 0 Å². The molecule has 0 fully saturated rings. The number of anilines is 1. The van der Waals surface area contributed by atoms with E-state index in [0.717, 1.165) is 15.7 Å². The molecule has 1 N–H and O–H groups in total. The molecule has 0 aliphatic rings. The average molecular weight is 315 g/mol. The summed E-state index contributed by atoms with van der Waals surface area (Å²) < 4.78 is 6.14. The van der Waals surface area contributed by atoms with E-state index >= 15 is 0 Å². The van der Waals surface area contributed by atoms with Crippen LogP contribution < -0.4 is 5.32 Å². The Hall–Kier alpha value is -1.07. The Labute approximate surface area is 116 Å². The molecule has 5 heteroatoms. The van der Waals surface area contributed by atoms with Crippen molar-refractivity contribution in [2.45, 2.75) is 19.6 Å². The Balaban J connectivity index is 2.90. The van der Waals surface area contributed by atoms with Crippen molar-refractivity contribution in [3.63, 3.8) is 0 Å². The number of rotatable bonds is 5. The molecule has 18 heavy (non-hydrogen) atoms. The summed E-state index contributed by atoms with van der Waals surface area (Å²) in [6, 6.07) is 5.56. The molecule has 0 aromatic heterocycles. The summed E-state index contributed by atoms with van der Waals surface area (Å²) in [5.41, 5.74) is 1.92. The number of carbonyl (C=O) groups is 1. The van der Waals surface area contributed by atoms with Crippen LogP contribution in [0.3, 0.4) is 0 Å². The molecular weight excluding hydrogens is 296 g/mol. The van der Waals surface area contributed by atoms with Gasteiger partial charge in [0.25, 0.3) is 0 Å². The molecule has 0 saturated carbocycles. The highest BCUT2D eigenvalue weighted by Crippen LogP contribution is 2.26. The van der Waals surface area contributed by atoms with Gasteiger partial charge in [0, 0.05) is 36.9 Å². The Morgan fingerprint density at radius 3 is 2.72 bits per heavy atom. The first-order valence-electron chi connectivity index (χ1n) is 5.71. The molecule has 1 amide bonds. The van der Waals surface area contributed by atoms with Crippen LogP contribution >= 0.6 is 15.9 Å². The molecule has 0 aliphatic heterocycles. The first kappa shape index (κ1) is 15.0. The molecular formula is C13H19BrN2O2. The van der Waals surface area contributed by atoms with Crippen LogP contribution in [0.2, 0.25) is 0 Å². The number of ether oxygens (including phenoxy) is 1. The van der Waals surface area contributed by atoms with Gasteiger partial charge in [0.1, 0.15) is 6.04 Å². The van der Waals surface area contributed by atoms with Crippen LogP contribution in [0.5, 0.6) is 0 Å². The molecule has 1 rings (SSSR count). The van der Waals surface area contributed by atoms with E-state index in [0.29, 0.717) is 6.61 Å². The summed E-state index contributed by atoms with van der Waals surface area (Å²) >= 11 is 3.49. The van der Waals surface area contributed by atoms with Crippen molar-refractivity contribution in [2.75, 3.05) is 26.5 Å². The summed E-state index contributed by atoms with van der Waals surface area (Å²) in [4.78, 5) is 13.4. The molecule has 1 atom stereocenters. The Morgan fingerprint density at radius 1 is 1.50 bits per heavy atom. The number of carbonyl (C=O) groups excluding carboxylic acids is 1. The Bertz CT molecular complexity index is 421. The number of nitrogens with one attached hydrogen (secondary N) is 1. The molecule has 0 aliphatic carbocycles. The summed E-state index contributed by atoms with van der Waals surface area (Å²) in [5, 5.41) is 3.22. The molecule has 1 aromatic carbocycles. The maximum absolute atomic E-state index is 11.8. The second-order valence-corrected chi connectivity index (χ2v) is 5.15. The van der Waals surface area contributed by atoms with Gasteiger partial charge in [0.15, 0.2) is 0 Å². The lowest BCUT2D eigenvalue weighted by atomic mass is 10.1. The standard InChI is InChI=1S/C13H19BrN2O2/c1-9(13(17)16(2)3)15-12-7-5-6-11(14)10(12)8-18-4/h5-7,9,15H,8H2,1-4H3. The highest BCUT2D eigenvalue weighted by Gasteiger charge is 2.16. The minimum absolute atomic E-state index is 0.0401. The van der Waals surface area contributed by atoms with Gasteiger partial charge >= 0.3 is 0 Å². The Kier molecular flexibility index (Phi) is 5.62. The van der Waals surface area contributed by atoms with Gasteiger partial charge < -0.3 is 15.0 Å². The molecule has 0 bridgehead atoms. The van der Waals surface area contributed by atoms with Crippen molar-refractivity contribution in [3.05, 3.63) is 28.2 Å². The van der Waals surface area contributed by atoms with E-state index in [1.807, 2.05) is 25.1 Å². The van der Waals surface area contributed by atoms with E-state index in [1.54, 1.807) is 26.1 Å². The van der Waals surface area contributed by atoms with Crippen molar-refractivity contribution in [1.29, 1.82) is 0 Å². The minimum Gasteiger partial charge on any atom is -0.380 e. The van der Waals surface area contributed by atoms with Crippen LogP contribution in [0.1, 0.15) is 12.5 Å². The van der Waals surface area contributed by atoms with Gasteiger partial charge in [-0.3, -0.25) is 4.79 Å². The van der Waals surface area contributed by atoms with Gasteiger partial charge in [-0.15, -0.1) is 0 Å². The average Bonchev–Trinajstić information content (AvgIpc) is 2.32. The maximum atomic E-state index is 11.8. The highest BCUT2D eigenvalue weighted by molar-refractivity contribution is 9.10. The number of likely N-dealkylation sites (N-methyl/N-ethyl adjacent to an activating group) is 1. The lowest BCUT2D eigenvalue weighted by molar-refractivity contribution is -0.129. The predicted octanol–water partition coefficient (Wildman–Crippen LogP) is 2.48. The van der Waals surface area contributed by atoms with Gasteiger partial charge in [-0.2, -0.15) is 0 Å². The maximum Gasteiger partial charge on any atom is 0.244 e. The molecule has 0 spiro atoms. The van der Waals surface area contributed by atoms with E-state index in [4.69, 9.17) is 4.74 Å². The highest BCUT2D eigenvalue weighted by atomic mass is 79.9. The predicted molar refractivity (Wildman–Crippen MR) is 76.6 cm³/mol.